The number of pyridine rings is 1. The van der Waals surface area contributed by atoms with Crippen LogP contribution in [-0.2, 0) is 13.1 Å². The molecule has 0 saturated heterocycles. The number of nitrogens with one attached hydrogen (secondary N) is 1. The van der Waals surface area contributed by atoms with Gasteiger partial charge in [0.25, 0.3) is 5.56 Å². The Morgan fingerprint density at radius 2 is 1.68 bits per heavy atom. The Labute approximate surface area is 215 Å². The molecule has 0 aliphatic heterocycles. The fourth-order valence-electron chi connectivity index (χ4n) is 4.64. The molecule has 0 aliphatic carbocycles. The Morgan fingerprint density at radius 3 is 2.38 bits per heavy atom. The predicted octanol–water partition coefficient (Wildman–Crippen LogP) is 4.57. The minimum absolute atomic E-state index is 0.164. The largest absolute Gasteiger partial charge is 0.494 e. The van der Waals surface area contributed by atoms with Crippen molar-refractivity contribution in [3.63, 3.8) is 0 Å². The van der Waals surface area contributed by atoms with E-state index < -0.39 is 6.04 Å². The van der Waals surface area contributed by atoms with Crippen LogP contribution in [0.2, 0.25) is 0 Å². The standard InChI is InChI=1S/C29H30N6O2/c1-3-34(19-21-11-7-5-8-12-21)27(28-31-32-33-35(28)20-22-13-9-6-10-14-22)25-18-23-17-24(37-4-2)15-16-26(23)30-29(25)36/h5-18,27H,3-4,19-20H2,1-2H3,(H,30,36). The highest BCUT2D eigenvalue weighted by Crippen LogP contribution is 2.29. The number of ether oxygens (including phenoxy) is 1. The van der Waals surface area contributed by atoms with Crippen LogP contribution < -0.4 is 10.3 Å². The van der Waals surface area contributed by atoms with Crippen LogP contribution in [-0.4, -0.2) is 43.2 Å². The van der Waals surface area contributed by atoms with Gasteiger partial charge in [-0.3, -0.25) is 9.69 Å². The number of rotatable bonds is 10. The third-order valence-corrected chi connectivity index (χ3v) is 6.43. The first kappa shape index (κ1) is 24.4. The van der Waals surface area contributed by atoms with E-state index >= 15 is 0 Å². The van der Waals surface area contributed by atoms with Gasteiger partial charge in [-0.15, -0.1) is 5.10 Å². The van der Waals surface area contributed by atoms with Gasteiger partial charge in [0.2, 0.25) is 0 Å². The van der Waals surface area contributed by atoms with Gasteiger partial charge >= 0.3 is 0 Å². The van der Waals surface area contributed by atoms with Crippen LogP contribution in [0.15, 0.2) is 89.7 Å². The highest BCUT2D eigenvalue weighted by atomic mass is 16.5. The maximum atomic E-state index is 13.5. The van der Waals surface area contributed by atoms with Crippen LogP contribution in [0, 0.1) is 0 Å². The zero-order valence-electron chi connectivity index (χ0n) is 21.0. The number of hydrogen-bond donors (Lipinski definition) is 1. The molecule has 8 heteroatoms. The number of hydrogen-bond acceptors (Lipinski definition) is 6. The number of aromatic amines is 1. The summed E-state index contributed by atoms with van der Waals surface area (Å²) in [6, 6.07) is 27.5. The number of aromatic nitrogens is 5. The summed E-state index contributed by atoms with van der Waals surface area (Å²) in [6.07, 6.45) is 0. The average Bonchev–Trinajstić information content (AvgIpc) is 3.37. The van der Waals surface area contributed by atoms with E-state index in [1.165, 1.54) is 0 Å². The first-order valence-corrected chi connectivity index (χ1v) is 12.5. The number of tetrazole rings is 1. The molecular formula is C29H30N6O2. The highest BCUT2D eigenvalue weighted by Gasteiger charge is 2.30. The molecule has 0 radical (unpaired) electrons. The summed E-state index contributed by atoms with van der Waals surface area (Å²) in [4.78, 5) is 18.8. The molecule has 2 aromatic heterocycles. The zero-order chi connectivity index (χ0) is 25.6. The Morgan fingerprint density at radius 1 is 0.946 bits per heavy atom. The lowest BCUT2D eigenvalue weighted by atomic mass is 10.0. The van der Waals surface area contributed by atoms with Gasteiger partial charge in [0, 0.05) is 23.0 Å². The topological polar surface area (TPSA) is 88.9 Å². The van der Waals surface area contributed by atoms with Crippen molar-refractivity contribution in [1.82, 2.24) is 30.1 Å². The summed E-state index contributed by atoms with van der Waals surface area (Å²) in [7, 11) is 0. The van der Waals surface area contributed by atoms with E-state index in [0.717, 1.165) is 27.8 Å². The van der Waals surface area contributed by atoms with Gasteiger partial charge in [0.1, 0.15) is 11.8 Å². The van der Waals surface area contributed by atoms with Crippen molar-refractivity contribution in [2.24, 2.45) is 0 Å². The van der Waals surface area contributed by atoms with E-state index in [-0.39, 0.29) is 5.56 Å². The summed E-state index contributed by atoms with van der Waals surface area (Å²) in [5.74, 6) is 1.38. The zero-order valence-corrected chi connectivity index (χ0v) is 21.0. The summed E-state index contributed by atoms with van der Waals surface area (Å²) in [5, 5.41) is 13.7. The van der Waals surface area contributed by atoms with Crippen LogP contribution in [0.3, 0.4) is 0 Å². The average molecular weight is 495 g/mol. The van der Waals surface area contributed by atoms with Gasteiger partial charge in [0.15, 0.2) is 5.82 Å². The second kappa shape index (κ2) is 11.2. The third-order valence-electron chi connectivity index (χ3n) is 6.43. The number of nitrogens with zero attached hydrogens (tertiary/aromatic N) is 5. The van der Waals surface area contributed by atoms with Crippen molar-refractivity contribution in [2.45, 2.75) is 33.0 Å². The van der Waals surface area contributed by atoms with E-state index in [2.05, 4.69) is 44.5 Å². The fraction of sp³-hybridized carbons (Fsp3) is 0.241. The van der Waals surface area contributed by atoms with E-state index in [1.54, 1.807) is 4.68 Å². The maximum absolute atomic E-state index is 13.5. The van der Waals surface area contributed by atoms with Gasteiger partial charge < -0.3 is 9.72 Å². The fourth-order valence-corrected chi connectivity index (χ4v) is 4.64. The Kier molecular flexibility index (Phi) is 7.37. The molecule has 2 heterocycles. The summed E-state index contributed by atoms with van der Waals surface area (Å²) in [5.41, 5.74) is 3.40. The molecule has 5 rings (SSSR count). The van der Waals surface area contributed by atoms with Crippen molar-refractivity contribution < 1.29 is 4.74 Å². The van der Waals surface area contributed by atoms with Crippen LogP contribution >= 0.6 is 0 Å². The van der Waals surface area contributed by atoms with Crippen LogP contribution in [0.1, 0.15) is 42.4 Å². The van der Waals surface area contributed by atoms with Crippen molar-refractivity contribution in [3.8, 4) is 5.75 Å². The normalized spacial score (nSPS) is 12.2. The molecule has 8 nitrogen and oxygen atoms in total. The lowest BCUT2D eigenvalue weighted by molar-refractivity contribution is 0.214. The second-order valence-corrected chi connectivity index (χ2v) is 8.87. The lowest BCUT2D eigenvalue weighted by Crippen LogP contribution is -2.35. The molecule has 0 amide bonds. The van der Waals surface area contributed by atoms with E-state index in [0.29, 0.717) is 37.6 Å². The van der Waals surface area contributed by atoms with E-state index in [4.69, 9.17) is 4.74 Å². The monoisotopic (exact) mass is 494 g/mol. The Balaban J connectivity index is 1.64. The second-order valence-electron chi connectivity index (χ2n) is 8.87. The maximum Gasteiger partial charge on any atom is 0.253 e. The van der Waals surface area contributed by atoms with Crippen LogP contribution in [0.4, 0.5) is 0 Å². The number of H-pyrrole nitrogens is 1. The van der Waals surface area contributed by atoms with Crippen molar-refractivity contribution >= 4 is 10.9 Å². The Hall–Kier alpha value is -4.30. The van der Waals surface area contributed by atoms with Gasteiger partial charge in [0.05, 0.1) is 13.2 Å². The van der Waals surface area contributed by atoms with E-state index in [9.17, 15) is 4.79 Å². The van der Waals surface area contributed by atoms with Gasteiger partial charge in [-0.05, 0) is 59.3 Å². The highest BCUT2D eigenvalue weighted by molar-refractivity contribution is 5.80. The molecule has 0 spiro atoms. The summed E-state index contributed by atoms with van der Waals surface area (Å²) >= 11 is 0. The van der Waals surface area contributed by atoms with E-state index in [1.807, 2.05) is 79.7 Å². The summed E-state index contributed by atoms with van der Waals surface area (Å²) < 4.78 is 7.50. The first-order valence-electron chi connectivity index (χ1n) is 12.5. The molecule has 188 valence electrons. The SMILES string of the molecule is CCOc1ccc2[nH]c(=O)c(C(c3nnnn3Cc3ccccc3)N(CC)Cc3ccccc3)cc2c1. The van der Waals surface area contributed by atoms with Crippen molar-refractivity contribution in [3.05, 3.63) is 118 Å². The smallest absolute Gasteiger partial charge is 0.253 e. The molecule has 0 saturated carbocycles. The molecule has 5 aromatic rings. The Bertz CT molecular complexity index is 1510. The van der Waals surface area contributed by atoms with Gasteiger partial charge in [-0.1, -0.05) is 67.6 Å². The molecule has 0 aliphatic rings. The molecule has 0 bridgehead atoms. The molecule has 37 heavy (non-hydrogen) atoms. The van der Waals surface area contributed by atoms with Gasteiger partial charge in [-0.25, -0.2) is 4.68 Å². The number of benzene rings is 3. The lowest BCUT2D eigenvalue weighted by Gasteiger charge is -2.30. The molecular weight excluding hydrogens is 464 g/mol. The summed E-state index contributed by atoms with van der Waals surface area (Å²) in [6.45, 7) is 6.43. The number of fused-ring (bicyclic) bond motifs is 1. The minimum atomic E-state index is -0.465. The predicted molar refractivity (Wildman–Crippen MR) is 143 cm³/mol. The minimum Gasteiger partial charge on any atom is -0.494 e. The third kappa shape index (κ3) is 5.44. The first-order chi connectivity index (χ1) is 18.2. The van der Waals surface area contributed by atoms with Crippen LogP contribution in [0.25, 0.3) is 10.9 Å². The molecule has 1 atom stereocenters. The molecule has 0 fully saturated rings. The van der Waals surface area contributed by atoms with Crippen molar-refractivity contribution in [1.29, 1.82) is 0 Å². The van der Waals surface area contributed by atoms with Gasteiger partial charge in [-0.2, -0.15) is 0 Å². The quantitative estimate of drug-likeness (QED) is 0.306. The van der Waals surface area contributed by atoms with Crippen molar-refractivity contribution in [2.75, 3.05) is 13.2 Å². The molecule has 1 unspecified atom stereocenters. The molecule has 1 N–H and O–H groups in total. The van der Waals surface area contributed by atoms with Crippen LogP contribution in [0.5, 0.6) is 5.75 Å². The molecule has 3 aromatic carbocycles.